The maximum absolute atomic E-state index is 11.1. The molecule has 1 amide bonds. The summed E-state index contributed by atoms with van der Waals surface area (Å²) in [5, 5.41) is 11.0. The summed E-state index contributed by atoms with van der Waals surface area (Å²) < 4.78 is 1.79. The Morgan fingerprint density at radius 3 is 2.80 bits per heavy atom. The molecule has 1 heterocycles. The van der Waals surface area contributed by atoms with Crippen LogP contribution in [0.2, 0.25) is 0 Å². The van der Waals surface area contributed by atoms with Crippen molar-refractivity contribution in [1.82, 2.24) is 14.9 Å². The first-order chi connectivity index (χ1) is 7.09. The molecule has 0 bridgehead atoms. The van der Waals surface area contributed by atoms with Crippen molar-refractivity contribution in [2.45, 2.75) is 19.4 Å². The molecule has 0 spiro atoms. The third-order valence-electron chi connectivity index (χ3n) is 1.93. The first-order valence-electron chi connectivity index (χ1n) is 4.54. The highest BCUT2D eigenvalue weighted by Crippen LogP contribution is 1.94. The molecule has 0 atom stereocenters. The van der Waals surface area contributed by atoms with E-state index in [0.717, 1.165) is 5.82 Å². The number of hydrogen-bond donors (Lipinski definition) is 2. The van der Waals surface area contributed by atoms with E-state index in [9.17, 15) is 9.59 Å². The van der Waals surface area contributed by atoms with Crippen LogP contribution in [0.1, 0.15) is 18.7 Å². The van der Waals surface area contributed by atoms with Crippen molar-refractivity contribution in [2.75, 3.05) is 0 Å². The number of aromatic nitrogens is 2. The molecule has 0 radical (unpaired) electrons. The van der Waals surface area contributed by atoms with Gasteiger partial charge in [-0.15, -0.1) is 0 Å². The van der Waals surface area contributed by atoms with Crippen LogP contribution in [0.3, 0.4) is 0 Å². The quantitative estimate of drug-likeness (QED) is 0.712. The maximum atomic E-state index is 11.1. The van der Waals surface area contributed by atoms with Crippen LogP contribution in [0.15, 0.2) is 12.4 Å². The minimum atomic E-state index is -0.970. The van der Waals surface area contributed by atoms with E-state index >= 15 is 0 Å². The molecule has 82 valence electrons. The molecular weight excluding hydrogens is 198 g/mol. The minimum Gasteiger partial charge on any atom is -0.481 e. The first-order valence-corrected chi connectivity index (χ1v) is 4.54. The van der Waals surface area contributed by atoms with Crippen molar-refractivity contribution in [3.05, 3.63) is 18.2 Å². The number of hydrogen-bond acceptors (Lipinski definition) is 3. The van der Waals surface area contributed by atoms with E-state index in [1.807, 2.05) is 7.05 Å². The van der Waals surface area contributed by atoms with Gasteiger partial charge >= 0.3 is 5.97 Å². The van der Waals surface area contributed by atoms with Crippen molar-refractivity contribution < 1.29 is 14.7 Å². The van der Waals surface area contributed by atoms with E-state index < -0.39 is 5.97 Å². The molecule has 0 saturated heterocycles. The van der Waals surface area contributed by atoms with Crippen LogP contribution in [0.25, 0.3) is 0 Å². The van der Waals surface area contributed by atoms with Crippen LogP contribution in [-0.4, -0.2) is 26.5 Å². The van der Waals surface area contributed by atoms with E-state index in [1.54, 1.807) is 17.0 Å². The Bertz CT molecular complexity index is 359. The van der Waals surface area contributed by atoms with Crippen molar-refractivity contribution >= 4 is 11.9 Å². The Kier molecular flexibility index (Phi) is 3.84. The number of carboxylic acids is 1. The predicted molar refractivity (Wildman–Crippen MR) is 51.9 cm³/mol. The molecule has 0 aliphatic heterocycles. The second-order valence-electron chi connectivity index (χ2n) is 3.12. The van der Waals surface area contributed by atoms with Crippen molar-refractivity contribution in [1.29, 1.82) is 0 Å². The van der Waals surface area contributed by atoms with Gasteiger partial charge in [0.15, 0.2) is 0 Å². The highest BCUT2D eigenvalue weighted by molar-refractivity contribution is 5.80. The van der Waals surface area contributed by atoms with Gasteiger partial charge in [-0.05, 0) is 0 Å². The van der Waals surface area contributed by atoms with Gasteiger partial charge in [0.25, 0.3) is 0 Å². The molecule has 6 heteroatoms. The van der Waals surface area contributed by atoms with Crippen LogP contribution < -0.4 is 5.32 Å². The van der Waals surface area contributed by atoms with Gasteiger partial charge in [-0.2, -0.15) is 0 Å². The third kappa shape index (κ3) is 3.80. The molecule has 0 unspecified atom stereocenters. The fraction of sp³-hybridized carbons (Fsp3) is 0.444. The van der Waals surface area contributed by atoms with Crippen LogP contribution in [-0.2, 0) is 23.2 Å². The van der Waals surface area contributed by atoms with Gasteiger partial charge < -0.3 is 15.0 Å². The second kappa shape index (κ2) is 5.14. The lowest BCUT2D eigenvalue weighted by molar-refractivity contribution is -0.138. The number of imidazole rings is 1. The average Bonchev–Trinajstić information content (AvgIpc) is 2.58. The van der Waals surface area contributed by atoms with Crippen molar-refractivity contribution in [2.24, 2.45) is 7.05 Å². The SMILES string of the molecule is Cn1ccnc1CNC(=O)CCC(=O)O. The number of nitrogens with one attached hydrogen (secondary N) is 1. The number of rotatable bonds is 5. The molecule has 1 rings (SSSR count). The summed E-state index contributed by atoms with van der Waals surface area (Å²) in [6.45, 7) is 0.321. The molecule has 0 aromatic carbocycles. The van der Waals surface area contributed by atoms with E-state index in [0.29, 0.717) is 6.54 Å². The number of carbonyl (C=O) groups is 2. The van der Waals surface area contributed by atoms with Gasteiger partial charge in [-0.3, -0.25) is 9.59 Å². The van der Waals surface area contributed by atoms with E-state index in [4.69, 9.17) is 5.11 Å². The fourth-order valence-electron chi connectivity index (χ4n) is 1.05. The number of amides is 1. The normalized spacial score (nSPS) is 9.93. The maximum Gasteiger partial charge on any atom is 0.303 e. The van der Waals surface area contributed by atoms with Crippen LogP contribution >= 0.6 is 0 Å². The fourth-order valence-corrected chi connectivity index (χ4v) is 1.05. The zero-order valence-electron chi connectivity index (χ0n) is 8.43. The molecule has 15 heavy (non-hydrogen) atoms. The Morgan fingerprint density at radius 1 is 1.53 bits per heavy atom. The topological polar surface area (TPSA) is 84.2 Å². The monoisotopic (exact) mass is 211 g/mol. The summed E-state index contributed by atoms with van der Waals surface area (Å²) in [4.78, 5) is 25.4. The minimum absolute atomic E-state index is 0.000242. The van der Waals surface area contributed by atoms with Crippen LogP contribution in [0, 0.1) is 0 Å². The van der Waals surface area contributed by atoms with Gasteiger partial charge in [0, 0.05) is 25.9 Å². The van der Waals surface area contributed by atoms with E-state index in [2.05, 4.69) is 10.3 Å². The number of nitrogens with zero attached hydrogens (tertiary/aromatic N) is 2. The van der Waals surface area contributed by atoms with Crippen molar-refractivity contribution in [3.8, 4) is 0 Å². The van der Waals surface area contributed by atoms with Crippen LogP contribution in [0.5, 0.6) is 0 Å². The molecule has 0 aliphatic rings. The molecule has 1 aromatic heterocycles. The second-order valence-corrected chi connectivity index (χ2v) is 3.12. The molecular formula is C9H13N3O3. The number of carboxylic acid groups (broad SMARTS) is 1. The Morgan fingerprint density at radius 2 is 2.27 bits per heavy atom. The molecule has 0 aliphatic carbocycles. The lowest BCUT2D eigenvalue weighted by atomic mass is 10.3. The molecule has 0 fully saturated rings. The first kappa shape index (κ1) is 11.2. The van der Waals surface area contributed by atoms with Gasteiger partial charge in [0.2, 0.25) is 5.91 Å². The van der Waals surface area contributed by atoms with E-state index in [-0.39, 0.29) is 18.7 Å². The van der Waals surface area contributed by atoms with Gasteiger partial charge in [0.1, 0.15) is 5.82 Å². The highest BCUT2D eigenvalue weighted by atomic mass is 16.4. The zero-order chi connectivity index (χ0) is 11.3. The number of carbonyl (C=O) groups excluding carboxylic acids is 1. The summed E-state index contributed by atoms with van der Waals surface area (Å²) in [6, 6.07) is 0. The lowest BCUT2D eigenvalue weighted by Gasteiger charge is -2.03. The number of aryl methyl sites for hydroxylation is 1. The Hall–Kier alpha value is -1.85. The molecule has 1 aromatic rings. The van der Waals surface area contributed by atoms with Crippen LogP contribution in [0.4, 0.5) is 0 Å². The standard InChI is InChI=1S/C9H13N3O3/c1-12-5-4-10-7(12)6-11-8(13)2-3-9(14)15/h4-5H,2-3,6H2,1H3,(H,11,13)(H,14,15). The van der Waals surface area contributed by atoms with Gasteiger partial charge in [0.05, 0.1) is 13.0 Å². The Balaban J connectivity index is 2.28. The third-order valence-corrected chi connectivity index (χ3v) is 1.93. The largest absolute Gasteiger partial charge is 0.481 e. The summed E-state index contributed by atoms with van der Waals surface area (Å²) in [6.07, 6.45) is 3.27. The summed E-state index contributed by atoms with van der Waals surface area (Å²) in [7, 11) is 1.83. The molecule has 6 nitrogen and oxygen atoms in total. The van der Waals surface area contributed by atoms with Gasteiger partial charge in [-0.25, -0.2) is 4.98 Å². The molecule has 2 N–H and O–H groups in total. The summed E-state index contributed by atoms with van der Waals surface area (Å²) in [5.41, 5.74) is 0. The average molecular weight is 211 g/mol. The predicted octanol–water partition coefficient (Wildman–Crippen LogP) is -0.0989. The van der Waals surface area contributed by atoms with E-state index in [1.165, 1.54) is 0 Å². The molecule has 0 saturated carbocycles. The number of aliphatic carboxylic acids is 1. The zero-order valence-corrected chi connectivity index (χ0v) is 8.43. The lowest BCUT2D eigenvalue weighted by Crippen LogP contribution is -2.24. The Labute approximate surface area is 86.9 Å². The summed E-state index contributed by atoms with van der Waals surface area (Å²) in [5.74, 6) is -0.513. The summed E-state index contributed by atoms with van der Waals surface area (Å²) >= 11 is 0. The van der Waals surface area contributed by atoms with Gasteiger partial charge in [-0.1, -0.05) is 0 Å². The highest BCUT2D eigenvalue weighted by Gasteiger charge is 2.06. The van der Waals surface area contributed by atoms with Crippen molar-refractivity contribution in [3.63, 3.8) is 0 Å². The smallest absolute Gasteiger partial charge is 0.303 e.